The average molecular weight is 363 g/mol. The van der Waals surface area contributed by atoms with Gasteiger partial charge < -0.3 is 5.73 Å². The number of nitrogen functional groups attached to an aromatic ring is 1. The van der Waals surface area contributed by atoms with Crippen molar-refractivity contribution >= 4 is 56.6 Å². The van der Waals surface area contributed by atoms with E-state index in [0.717, 1.165) is 26.4 Å². The van der Waals surface area contributed by atoms with E-state index in [9.17, 15) is 0 Å². The van der Waals surface area contributed by atoms with Crippen LogP contribution in [0.2, 0.25) is 10.0 Å². The van der Waals surface area contributed by atoms with Gasteiger partial charge in [-0.15, -0.1) is 11.8 Å². The van der Waals surface area contributed by atoms with Crippen LogP contribution in [0.15, 0.2) is 45.8 Å². The Morgan fingerprint density at radius 2 is 1.83 bits per heavy atom. The van der Waals surface area contributed by atoms with E-state index in [4.69, 9.17) is 28.9 Å². The topological polar surface area (TPSA) is 26.0 Å². The van der Waals surface area contributed by atoms with E-state index in [0.29, 0.717) is 10.0 Å². The number of nitrogens with two attached hydrogens (primary N) is 1. The molecule has 0 atom stereocenters. The summed E-state index contributed by atoms with van der Waals surface area (Å²) in [4.78, 5) is 1.05. The summed E-state index contributed by atoms with van der Waals surface area (Å²) in [5.41, 5.74) is 7.82. The second-order valence-corrected chi connectivity index (χ2v) is 6.47. The van der Waals surface area contributed by atoms with Gasteiger partial charge in [0, 0.05) is 20.8 Å². The first kappa shape index (κ1) is 14.1. The van der Waals surface area contributed by atoms with Crippen LogP contribution < -0.4 is 5.73 Å². The lowest BCUT2D eigenvalue weighted by Gasteiger charge is -2.07. The molecule has 2 N–H and O–H groups in total. The average Bonchev–Trinajstić information content (AvgIpc) is 2.34. The highest BCUT2D eigenvalue weighted by Gasteiger charge is 2.04. The molecule has 0 aliphatic heterocycles. The third kappa shape index (κ3) is 3.58. The summed E-state index contributed by atoms with van der Waals surface area (Å²) in [6, 6.07) is 11.5. The maximum absolute atomic E-state index is 5.98. The standard InChI is InChI=1S/C13H10BrCl2NS/c14-9-2-4-12(17)13(6-9)18-7-8-1-3-10(15)11(16)5-8/h1-6H,7,17H2. The van der Waals surface area contributed by atoms with Gasteiger partial charge in [0.2, 0.25) is 0 Å². The van der Waals surface area contributed by atoms with Crippen LogP contribution in [0.1, 0.15) is 5.56 Å². The summed E-state index contributed by atoms with van der Waals surface area (Å²) in [5.74, 6) is 0.803. The molecule has 0 unspecified atom stereocenters. The van der Waals surface area contributed by atoms with Crippen LogP contribution in [0.3, 0.4) is 0 Å². The van der Waals surface area contributed by atoms with Crippen molar-refractivity contribution in [1.29, 1.82) is 0 Å². The molecular weight excluding hydrogens is 353 g/mol. The first-order chi connectivity index (χ1) is 8.56. The van der Waals surface area contributed by atoms with Crippen LogP contribution in [-0.2, 0) is 5.75 Å². The molecule has 0 fully saturated rings. The largest absolute Gasteiger partial charge is 0.398 e. The van der Waals surface area contributed by atoms with Gasteiger partial charge in [-0.1, -0.05) is 45.2 Å². The van der Waals surface area contributed by atoms with Crippen LogP contribution >= 0.6 is 50.9 Å². The highest BCUT2D eigenvalue weighted by atomic mass is 79.9. The van der Waals surface area contributed by atoms with Gasteiger partial charge >= 0.3 is 0 Å². The van der Waals surface area contributed by atoms with E-state index >= 15 is 0 Å². The summed E-state index contributed by atoms with van der Waals surface area (Å²) in [7, 11) is 0. The fourth-order valence-corrected chi connectivity index (χ4v) is 3.20. The molecule has 0 radical (unpaired) electrons. The molecule has 2 aromatic rings. The van der Waals surface area contributed by atoms with Gasteiger partial charge in [0.25, 0.3) is 0 Å². The minimum absolute atomic E-state index is 0.576. The Morgan fingerprint density at radius 1 is 1.06 bits per heavy atom. The molecular formula is C13H10BrCl2NS. The van der Waals surface area contributed by atoms with Crippen molar-refractivity contribution in [3.63, 3.8) is 0 Å². The zero-order chi connectivity index (χ0) is 13.1. The first-order valence-corrected chi connectivity index (χ1v) is 7.71. The van der Waals surface area contributed by atoms with Crippen molar-refractivity contribution in [3.8, 4) is 0 Å². The number of benzene rings is 2. The van der Waals surface area contributed by atoms with Gasteiger partial charge in [-0.2, -0.15) is 0 Å². The molecule has 5 heteroatoms. The molecule has 0 aliphatic rings. The van der Waals surface area contributed by atoms with E-state index in [1.807, 2.05) is 36.4 Å². The van der Waals surface area contributed by atoms with Gasteiger partial charge in [-0.3, -0.25) is 0 Å². The summed E-state index contributed by atoms with van der Waals surface area (Å²) in [6.45, 7) is 0. The van der Waals surface area contributed by atoms with Crippen LogP contribution in [-0.4, -0.2) is 0 Å². The molecule has 2 rings (SSSR count). The molecule has 0 aliphatic carbocycles. The SMILES string of the molecule is Nc1ccc(Br)cc1SCc1ccc(Cl)c(Cl)c1. The Hall–Kier alpha value is -0.350. The molecule has 18 heavy (non-hydrogen) atoms. The summed E-state index contributed by atoms with van der Waals surface area (Å²) in [5, 5.41) is 1.16. The Kier molecular flexibility index (Phi) is 4.84. The third-order valence-electron chi connectivity index (χ3n) is 2.35. The predicted octanol–water partition coefficient (Wildman–Crippen LogP) is 5.63. The van der Waals surface area contributed by atoms with Crippen molar-refractivity contribution in [2.75, 3.05) is 5.73 Å². The quantitative estimate of drug-likeness (QED) is 0.565. The summed E-state index contributed by atoms with van der Waals surface area (Å²) < 4.78 is 1.02. The Balaban J connectivity index is 2.11. The van der Waals surface area contributed by atoms with Crippen LogP contribution in [0.25, 0.3) is 0 Å². The molecule has 0 amide bonds. The number of hydrogen-bond acceptors (Lipinski definition) is 2. The van der Waals surface area contributed by atoms with Gasteiger partial charge in [0.15, 0.2) is 0 Å². The molecule has 0 bridgehead atoms. The summed E-state index contributed by atoms with van der Waals surface area (Å²) in [6.07, 6.45) is 0. The third-order valence-corrected chi connectivity index (χ3v) is 4.73. The predicted molar refractivity (Wildman–Crippen MR) is 84.6 cm³/mol. The van der Waals surface area contributed by atoms with Crippen molar-refractivity contribution in [2.24, 2.45) is 0 Å². The molecule has 2 aromatic carbocycles. The summed E-state index contributed by atoms with van der Waals surface area (Å²) >= 11 is 17.0. The normalized spacial score (nSPS) is 10.6. The molecule has 1 nitrogen and oxygen atoms in total. The number of anilines is 1. The Labute approximate surface area is 129 Å². The van der Waals surface area contributed by atoms with Crippen molar-refractivity contribution in [2.45, 2.75) is 10.6 Å². The lowest BCUT2D eigenvalue weighted by atomic mass is 10.2. The van der Waals surface area contributed by atoms with Crippen LogP contribution in [0, 0.1) is 0 Å². The maximum atomic E-state index is 5.98. The molecule has 0 aromatic heterocycles. The Morgan fingerprint density at radius 3 is 2.56 bits per heavy atom. The first-order valence-electron chi connectivity index (χ1n) is 5.18. The van der Waals surface area contributed by atoms with E-state index in [-0.39, 0.29) is 0 Å². The zero-order valence-electron chi connectivity index (χ0n) is 9.29. The molecule has 0 saturated carbocycles. The van der Waals surface area contributed by atoms with Gasteiger partial charge in [-0.05, 0) is 35.9 Å². The zero-order valence-corrected chi connectivity index (χ0v) is 13.2. The smallest absolute Gasteiger partial charge is 0.0595 e. The molecule has 94 valence electrons. The maximum Gasteiger partial charge on any atom is 0.0595 e. The molecule has 0 saturated heterocycles. The lowest BCUT2D eigenvalue weighted by molar-refractivity contribution is 1.37. The number of hydrogen-bond donors (Lipinski definition) is 1. The van der Waals surface area contributed by atoms with E-state index in [1.165, 1.54) is 0 Å². The highest BCUT2D eigenvalue weighted by molar-refractivity contribution is 9.10. The van der Waals surface area contributed by atoms with E-state index in [2.05, 4.69) is 15.9 Å². The number of rotatable bonds is 3. The molecule has 0 heterocycles. The number of thioether (sulfide) groups is 1. The van der Waals surface area contributed by atoms with Gasteiger partial charge in [0.05, 0.1) is 10.0 Å². The second-order valence-electron chi connectivity index (χ2n) is 3.72. The number of halogens is 3. The highest BCUT2D eigenvalue weighted by Crippen LogP contribution is 2.32. The van der Waals surface area contributed by atoms with E-state index in [1.54, 1.807) is 11.8 Å². The fraction of sp³-hybridized carbons (Fsp3) is 0.0769. The van der Waals surface area contributed by atoms with Crippen LogP contribution in [0.5, 0.6) is 0 Å². The monoisotopic (exact) mass is 361 g/mol. The van der Waals surface area contributed by atoms with Gasteiger partial charge in [-0.25, -0.2) is 0 Å². The second kappa shape index (κ2) is 6.20. The minimum Gasteiger partial charge on any atom is -0.398 e. The minimum atomic E-state index is 0.576. The fourth-order valence-electron chi connectivity index (χ4n) is 1.42. The Bertz CT molecular complexity index is 575. The van der Waals surface area contributed by atoms with Crippen LogP contribution in [0.4, 0.5) is 5.69 Å². The van der Waals surface area contributed by atoms with Gasteiger partial charge in [0.1, 0.15) is 0 Å². The lowest BCUT2D eigenvalue weighted by Crippen LogP contribution is -1.89. The molecule has 0 spiro atoms. The van der Waals surface area contributed by atoms with Crippen molar-refractivity contribution in [3.05, 3.63) is 56.5 Å². The van der Waals surface area contributed by atoms with Crippen molar-refractivity contribution < 1.29 is 0 Å². The van der Waals surface area contributed by atoms with Crippen molar-refractivity contribution in [1.82, 2.24) is 0 Å². The van der Waals surface area contributed by atoms with E-state index < -0.39 is 0 Å².